The Morgan fingerprint density at radius 3 is 2.29 bits per heavy atom. The van der Waals surface area contributed by atoms with E-state index in [1.165, 1.54) is 25.7 Å². The Kier molecular flexibility index (Phi) is 5.25. The zero-order valence-corrected chi connectivity index (χ0v) is 11.4. The lowest BCUT2D eigenvalue weighted by Crippen LogP contribution is -2.45. The third-order valence-corrected chi connectivity index (χ3v) is 4.62. The fourth-order valence-corrected chi connectivity index (χ4v) is 2.87. The van der Waals surface area contributed by atoms with Gasteiger partial charge < -0.3 is 15.8 Å². The first-order valence-electron chi connectivity index (χ1n) is 6.77. The molecule has 4 nitrogen and oxygen atoms in total. The van der Waals surface area contributed by atoms with Gasteiger partial charge >= 0.3 is 0 Å². The number of likely N-dealkylation sites (tertiary alicyclic amines) is 1. The number of amidine groups is 1. The summed E-state index contributed by atoms with van der Waals surface area (Å²) in [4.78, 5) is 2.46. The van der Waals surface area contributed by atoms with Crippen LogP contribution >= 0.6 is 0 Å². The van der Waals surface area contributed by atoms with Gasteiger partial charge in [0.2, 0.25) is 0 Å². The van der Waals surface area contributed by atoms with E-state index in [1.54, 1.807) is 0 Å². The molecule has 17 heavy (non-hydrogen) atoms. The fraction of sp³-hybridized carbons (Fsp3) is 0.923. The van der Waals surface area contributed by atoms with Gasteiger partial charge in [0.15, 0.2) is 0 Å². The topological polar surface area (TPSA) is 61.8 Å². The third-order valence-electron chi connectivity index (χ3n) is 4.62. The molecule has 0 aromatic rings. The van der Waals surface area contributed by atoms with Crippen LogP contribution in [0.3, 0.4) is 0 Å². The maximum atomic E-state index is 8.59. The second-order valence-electron chi connectivity index (χ2n) is 5.39. The van der Waals surface area contributed by atoms with Gasteiger partial charge in [-0.25, -0.2) is 0 Å². The average Bonchev–Trinajstić information content (AvgIpc) is 2.38. The van der Waals surface area contributed by atoms with E-state index in [0.29, 0.717) is 23.7 Å². The highest BCUT2D eigenvalue weighted by Gasteiger charge is 2.32. The number of nitrogens with two attached hydrogens (primary N) is 1. The normalized spacial score (nSPS) is 23.6. The first kappa shape index (κ1) is 14.3. The zero-order valence-electron chi connectivity index (χ0n) is 11.4. The molecule has 1 aliphatic heterocycles. The molecule has 1 unspecified atom stereocenters. The van der Waals surface area contributed by atoms with E-state index >= 15 is 0 Å². The van der Waals surface area contributed by atoms with E-state index in [4.69, 9.17) is 10.9 Å². The van der Waals surface area contributed by atoms with Crippen LogP contribution in [0.15, 0.2) is 5.16 Å². The second-order valence-corrected chi connectivity index (χ2v) is 5.39. The summed E-state index contributed by atoms with van der Waals surface area (Å²) in [6, 6.07) is 0.373. The first-order valence-corrected chi connectivity index (χ1v) is 6.77. The maximum Gasteiger partial charge on any atom is 0.140 e. The smallest absolute Gasteiger partial charge is 0.140 e. The summed E-state index contributed by atoms with van der Waals surface area (Å²) in [5.74, 6) is 0.334. The van der Waals surface area contributed by atoms with Crippen molar-refractivity contribution in [2.45, 2.75) is 58.9 Å². The molecule has 1 aliphatic rings. The highest BCUT2D eigenvalue weighted by Crippen LogP contribution is 2.38. The molecule has 0 spiro atoms. The van der Waals surface area contributed by atoms with Crippen molar-refractivity contribution in [3.8, 4) is 0 Å². The van der Waals surface area contributed by atoms with Crippen LogP contribution in [0, 0.1) is 5.41 Å². The van der Waals surface area contributed by atoms with E-state index in [9.17, 15) is 0 Å². The minimum absolute atomic E-state index is 0.334. The highest BCUT2D eigenvalue weighted by atomic mass is 16.4. The van der Waals surface area contributed by atoms with Crippen molar-refractivity contribution in [1.82, 2.24) is 4.90 Å². The van der Waals surface area contributed by atoms with Crippen molar-refractivity contribution >= 4 is 5.84 Å². The quantitative estimate of drug-likeness (QED) is 0.336. The number of piperidine rings is 1. The molecule has 1 rings (SSSR count). The first-order chi connectivity index (χ1) is 8.06. The van der Waals surface area contributed by atoms with Crippen LogP contribution in [0.5, 0.6) is 0 Å². The summed E-state index contributed by atoms with van der Waals surface area (Å²) in [7, 11) is 0. The fourth-order valence-electron chi connectivity index (χ4n) is 2.87. The van der Waals surface area contributed by atoms with Gasteiger partial charge in [-0.05, 0) is 38.3 Å². The summed E-state index contributed by atoms with van der Waals surface area (Å²) in [6.07, 6.45) is 5.78. The molecule has 1 fully saturated rings. The number of hydrogen-bond donors (Lipinski definition) is 2. The number of rotatable bonds is 5. The van der Waals surface area contributed by atoms with Crippen molar-refractivity contribution in [2.24, 2.45) is 16.3 Å². The Balaban J connectivity index is 2.46. The van der Waals surface area contributed by atoms with Crippen LogP contribution < -0.4 is 5.73 Å². The largest absolute Gasteiger partial charge is 0.409 e. The molecule has 0 aromatic heterocycles. The van der Waals surface area contributed by atoms with Crippen LogP contribution in [0.4, 0.5) is 0 Å². The summed E-state index contributed by atoms with van der Waals surface area (Å²) < 4.78 is 0. The Morgan fingerprint density at radius 2 is 1.88 bits per heavy atom. The number of nitrogens with zero attached hydrogens (tertiary/aromatic N) is 2. The van der Waals surface area contributed by atoms with Crippen molar-refractivity contribution in [1.29, 1.82) is 0 Å². The minimum atomic E-state index is 0.334. The van der Waals surface area contributed by atoms with E-state index in [0.717, 1.165) is 13.1 Å². The van der Waals surface area contributed by atoms with Crippen molar-refractivity contribution in [2.75, 3.05) is 13.1 Å². The molecule has 0 amide bonds. The SMILES string of the molecule is CCC1(CC)CCN(C(C)CC(N)=NO)CC1. The summed E-state index contributed by atoms with van der Waals surface area (Å²) >= 11 is 0. The van der Waals surface area contributed by atoms with Crippen LogP contribution in [-0.2, 0) is 0 Å². The van der Waals surface area contributed by atoms with Crippen molar-refractivity contribution in [3.05, 3.63) is 0 Å². The van der Waals surface area contributed by atoms with E-state index in [-0.39, 0.29) is 0 Å². The van der Waals surface area contributed by atoms with Crippen LogP contribution in [0.2, 0.25) is 0 Å². The highest BCUT2D eigenvalue weighted by molar-refractivity contribution is 5.80. The number of hydrogen-bond acceptors (Lipinski definition) is 3. The van der Waals surface area contributed by atoms with Gasteiger partial charge in [-0.3, -0.25) is 0 Å². The Labute approximate surface area is 105 Å². The molecule has 0 bridgehead atoms. The average molecular weight is 241 g/mol. The Morgan fingerprint density at radius 1 is 1.35 bits per heavy atom. The van der Waals surface area contributed by atoms with Gasteiger partial charge in [-0.1, -0.05) is 31.8 Å². The monoisotopic (exact) mass is 241 g/mol. The van der Waals surface area contributed by atoms with Gasteiger partial charge in [-0.2, -0.15) is 0 Å². The maximum absolute atomic E-state index is 8.59. The predicted molar refractivity (Wildman–Crippen MR) is 71.3 cm³/mol. The summed E-state index contributed by atoms with van der Waals surface area (Å²) in [5, 5.41) is 11.6. The molecule has 0 saturated carbocycles. The predicted octanol–water partition coefficient (Wildman–Crippen LogP) is 2.41. The lowest BCUT2D eigenvalue weighted by Gasteiger charge is -2.43. The standard InChI is InChI=1S/C13H27N3O/c1-4-13(5-2)6-8-16(9-7-13)11(3)10-12(14)15-17/h11,17H,4-10H2,1-3H3,(H2,14,15). The lowest BCUT2D eigenvalue weighted by molar-refractivity contribution is 0.0728. The van der Waals surface area contributed by atoms with Crippen molar-refractivity contribution < 1.29 is 5.21 Å². The van der Waals surface area contributed by atoms with E-state index in [1.807, 2.05) is 0 Å². The van der Waals surface area contributed by atoms with Gasteiger partial charge in [-0.15, -0.1) is 0 Å². The molecule has 1 saturated heterocycles. The Hall–Kier alpha value is -0.770. The summed E-state index contributed by atoms with van der Waals surface area (Å²) in [5.41, 5.74) is 6.12. The third kappa shape index (κ3) is 3.60. The van der Waals surface area contributed by atoms with Gasteiger partial charge in [0.1, 0.15) is 5.84 Å². The summed E-state index contributed by atoms with van der Waals surface area (Å²) in [6.45, 7) is 9.05. The van der Waals surface area contributed by atoms with Crippen molar-refractivity contribution in [3.63, 3.8) is 0 Å². The van der Waals surface area contributed by atoms with Crippen LogP contribution in [-0.4, -0.2) is 35.1 Å². The lowest BCUT2D eigenvalue weighted by atomic mass is 9.74. The number of oxime groups is 1. The molecular formula is C13H27N3O. The Bertz CT molecular complexity index is 251. The van der Waals surface area contributed by atoms with Crippen LogP contribution in [0.1, 0.15) is 52.9 Å². The molecule has 100 valence electrons. The molecule has 0 aliphatic carbocycles. The molecule has 1 atom stereocenters. The van der Waals surface area contributed by atoms with E-state index in [2.05, 4.69) is 30.8 Å². The molecule has 1 heterocycles. The van der Waals surface area contributed by atoms with Gasteiger partial charge in [0.05, 0.1) is 0 Å². The molecular weight excluding hydrogens is 214 g/mol. The van der Waals surface area contributed by atoms with Crippen LogP contribution in [0.25, 0.3) is 0 Å². The zero-order chi connectivity index (χ0) is 12.9. The second kappa shape index (κ2) is 6.24. The molecule has 3 N–H and O–H groups in total. The van der Waals surface area contributed by atoms with Gasteiger partial charge in [0, 0.05) is 12.5 Å². The van der Waals surface area contributed by atoms with Gasteiger partial charge in [0.25, 0.3) is 0 Å². The molecule has 0 aromatic carbocycles. The van der Waals surface area contributed by atoms with E-state index < -0.39 is 0 Å². The molecule has 0 radical (unpaired) electrons. The molecule has 4 heteroatoms. The minimum Gasteiger partial charge on any atom is -0.409 e.